The molecule has 3 N–H and O–H groups in total. The molecule has 0 radical (unpaired) electrons. The van der Waals surface area contributed by atoms with E-state index in [0.29, 0.717) is 0 Å². The number of unbranched alkanes of at least 4 members (excludes halogenated alkanes) is 2. The minimum Gasteiger partial charge on any atom is -0.481 e. The molecule has 4 heteroatoms. The van der Waals surface area contributed by atoms with E-state index in [1.54, 1.807) is 0 Å². The molecule has 0 spiro atoms. The molecular formula is C27H32N2O2. The summed E-state index contributed by atoms with van der Waals surface area (Å²) in [5.41, 5.74) is 7.85. The monoisotopic (exact) mass is 416 g/mol. The molecule has 2 heterocycles. The second kappa shape index (κ2) is 9.42. The van der Waals surface area contributed by atoms with Crippen molar-refractivity contribution in [2.24, 2.45) is 0 Å². The summed E-state index contributed by atoms with van der Waals surface area (Å²) in [4.78, 5) is 18.0. The van der Waals surface area contributed by atoms with E-state index in [0.717, 1.165) is 38.5 Å². The first-order valence-corrected chi connectivity index (χ1v) is 11.5. The van der Waals surface area contributed by atoms with Crippen molar-refractivity contribution >= 4 is 27.8 Å². The highest BCUT2D eigenvalue weighted by Gasteiger charge is 2.22. The van der Waals surface area contributed by atoms with Crippen molar-refractivity contribution in [3.05, 3.63) is 71.0 Å². The van der Waals surface area contributed by atoms with Gasteiger partial charge in [-0.15, -0.1) is 0 Å². The number of aromatic nitrogens is 2. The lowest BCUT2D eigenvalue weighted by atomic mass is 9.85. The Morgan fingerprint density at radius 1 is 0.839 bits per heavy atom. The zero-order valence-corrected chi connectivity index (χ0v) is 18.5. The highest BCUT2D eigenvalue weighted by Crippen LogP contribution is 2.39. The fraction of sp³-hybridized carbons (Fsp3) is 0.370. The molecule has 0 unspecified atom stereocenters. The molecule has 4 rings (SSSR count). The Morgan fingerprint density at radius 2 is 1.39 bits per heavy atom. The van der Waals surface area contributed by atoms with Gasteiger partial charge in [-0.3, -0.25) is 4.79 Å². The Bertz CT molecular complexity index is 1100. The molecule has 0 aliphatic heterocycles. The highest BCUT2D eigenvalue weighted by molar-refractivity contribution is 5.90. The maximum Gasteiger partial charge on any atom is 0.303 e. The van der Waals surface area contributed by atoms with Crippen molar-refractivity contribution in [1.29, 1.82) is 0 Å². The maximum atomic E-state index is 10.9. The van der Waals surface area contributed by atoms with Gasteiger partial charge in [0.2, 0.25) is 0 Å². The van der Waals surface area contributed by atoms with Crippen LogP contribution >= 0.6 is 0 Å². The molecule has 0 aliphatic rings. The Morgan fingerprint density at radius 3 is 1.87 bits per heavy atom. The number of carboxylic acid groups (broad SMARTS) is 1. The second-order valence-electron chi connectivity index (χ2n) is 8.42. The lowest BCUT2D eigenvalue weighted by Crippen LogP contribution is -2.01. The molecule has 2 aromatic heterocycles. The third-order valence-electron chi connectivity index (χ3n) is 6.56. The van der Waals surface area contributed by atoms with Crippen LogP contribution in [-0.2, 0) is 17.6 Å². The molecular weight excluding hydrogens is 384 g/mol. The zero-order valence-electron chi connectivity index (χ0n) is 18.5. The predicted molar refractivity (Wildman–Crippen MR) is 128 cm³/mol. The third-order valence-corrected chi connectivity index (χ3v) is 6.56. The van der Waals surface area contributed by atoms with Crippen LogP contribution < -0.4 is 0 Å². The molecule has 0 saturated heterocycles. The number of aryl methyl sites for hydroxylation is 2. The van der Waals surface area contributed by atoms with Crippen molar-refractivity contribution < 1.29 is 9.90 Å². The van der Waals surface area contributed by atoms with Crippen LogP contribution in [0.4, 0.5) is 0 Å². The average molecular weight is 417 g/mol. The van der Waals surface area contributed by atoms with Gasteiger partial charge in [-0.1, -0.05) is 63.1 Å². The normalized spacial score (nSPS) is 11.7. The molecule has 0 fully saturated rings. The quantitative estimate of drug-likeness (QED) is 0.245. The third kappa shape index (κ3) is 4.25. The number of H-pyrrole nitrogens is 2. The van der Waals surface area contributed by atoms with Gasteiger partial charge in [0.25, 0.3) is 0 Å². The van der Waals surface area contributed by atoms with Crippen LogP contribution in [0.15, 0.2) is 48.8 Å². The van der Waals surface area contributed by atoms with Crippen molar-refractivity contribution in [1.82, 2.24) is 9.97 Å². The van der Waals surface area contributed by atoms with Crippen molar-refractivity contribution in [2.45, 2.75) is 64.7 Å². The van der Waals surface area contributed by atoms with Crippen molar-refractivity contribution in [3.8, 4) is 0 Å². The number of fused-ring (bicyclic) bond motifs is 2. The summed E-state index contributed by atoms with van der Waals surface area (Å²) < 4.78 is 0. The van der Waals surface area contributed by atoms with E-state index in [1.807, 2.05) is 0 Å². The number of benzene rings is 2. The number of aromatic amines is 2. The lowest BCUT2D eigenvalue weighted by Gasteiger charge is -2.17. The van der Waals surface area contributed by atoms with Gasteiger partial charge in [0.05, 0.1) is 0 Å². The topological polar surface area (TPSA) is 68.9 Å². The van der Waals surface area contributed by atoms with Crippen LogP contribution in [0.2, 0.25) is 0 Å². The van der Waals surface area contributed by atoms with Gasteiger partial charge >= 0.3 is 5.97 Å². The standard InChI is InChI=1S/C27H32N2O2/c1-3-18-10-8-13-21-23(16-28-26(18)21)20(12-6-5-7-15-25(30)31)24-17-29-27-19(4-2)11-9-14-22(24)27/h8-11,13-14,16-17,20,28-29H,3-7,12,15H2,1-2H3,(H,30,31). The number of carboxylic acids is 1. The van der Waals surface area contributed by atoms with Crippen LogP contribution in [0, 0.1) is 0 Å². The summed E-state index contributed by atoms with van der Waals surface area (Å²) in [7, 11) is 0. The van der Waals surface area contributed by atoms with Gasteiger partial charge < -0.3 is 15.1 Å². The van der Waals surface area contributed by atoms with Crippen LogP contribution in [0.3, 0.4) is 0 Å². The lowest BCUT2D eigenvalue weighted by molar-refractivity contribution is -0.137. The van der Waals surface area contributed by atoms with Crippen molar-refractivity contribution in [3.63, 3.8) is 0 Å². The Hall–Kier alpha value is -3.01. The molecule has 0 amide bonds. The number of rotatable bonds is 10. The molecule has 2 aromatic carbocycles. The number of hydrogen-bond donors (Lipinski definition) is 3. The molecule has 4 aromatic rings. The van der Waals surface area contributed by atoms with Gasteiger partial charge in [-0.25, -0.2) is 0 Å². The molecule has 0 saturated carbocycles. The number of hydrogen-bond acceptors (Lipinski definition) is 1. The van der Waals surface area contributed by atoms with E-state index in [2.05, 4.69) is 72.6 Å². The fourth-order valence-corrected chi connectivity index (χ4v) is 4.92. The summed E-state index contributed by atoms with van der Waals surface area (Å²) in [6.07, 6.45) is 10.3. The predicted octanol–water partition coefficient (Wildman–Crippen LogP) is 6.94. The molecule has 162 valence electrons. The first kappa shape index (κ1) is 21.2. The maximum absolute atomic E-state index is 10.9. The second-order valence-corrected chi connectivity index (χ2v) is 8.42. The van der Waals surface area contributed by atoms with E-state index in [4.69, 9.17) is 5.11 Å². The summed E-state index contributed by atoms with van der Waals surface area (Å²) in [5, 5.41) is 11.6. The number of nitrogens with one attached hydrogen (secondary N) is 2. The molecule has 0 atom stereocenters. The SMILES string of the molecule is CCc1cccc2c(C(CCCCCC(=O)O)c3c[nH]c4c(CC)cccc34)c[nH]c12. The minimum absolute atomic E-state index is 0.255. The Kier molecular flexibility index (Phi) is 6.45. The summed E-state index contributed by atoms with van der Waals surface area (Å²) in [5.74, 6) is -0.435. The first-order chi connectivity index (χ1) is 15.1. The van der Waals surface area contributed by atoms with E-state index in [-0.39, 0.29) is 12.3 Å². The highest BCUT2D eigenvalue weighted by atomic mass is 16.4. The van der Waals surface area contributed by atoms with E-state index in [9.17, 15) is 4.79 Å². The molecule has 0 aliphatic carbocycles. The Balaban J connectivity index is 1.73. The van der Waals surface area contributed by atoms with E-state index < -0.39 is 5.97 Å². The summed E-state index contributed by atoms with van der Waals surface area (Å²) in [6, 6.07) is 13.2. The first-order valence-electron chi connectivity index (χ1n) is 11.5. The largest absolute Gasteiger partial charge is 0.481 e. The number of aliphatic carboxylic acids is 1. The van der Waals surface area contributed by atoms with Gasteiger partial charge in [0, 0.05) is 46.5 Å². The molecule has 4 nitrogen and oxygen atoms in total. The van der Waals surface area contributed by atoms with Gasteiger partial charge in [0.1, 0.15) is 0 Å². The fourth-order valence-electron chi connectivity index (χ4n) is 4.92. The van der Waals surface area contributed by atoms with Crippen LogP contribution in [0.1, 0.15) is 74.1 Å². The molecule has 0 bridgehead atoms. The average Bonchev–Trinajstić information content (AvgIpc) is 3.40. The number of para-hydroxylation sites is 2. The van der Waals surface area contributed by atoms with Gasteiger partial charge in [-0.05, 0) is 47.9 Å². The Labute approximate surface area is 183 Å². The van der Waals surface area contributed by atoms with E-state index in [1.165, 1.54) is 44.1 Å². The van der Waals surface area contributed by atoms with E-state index >= 15 is 0 Å². The number of carbonyl (C=O) groups is 1. The summed E-state index contributed by atoms with van der Waals surface area (Å²) >= 11 is 0. The van der Waals surface area contributed by atoms with Crippen LogP contribution in [0.5, 0.6) is 0 Å². The van der Waals surface area contributed by atoms with Gasteiger partial charge in [-0.2, -0.15) is 0 Å². The smallest absolute Gasteiger partial charge is 0.303 e. The zero-order chi connectivity index (χ0) is 21.8. The van der Waals surface area contributed by atoms with Crippen LogP contribution in [0.25, 0.3) is 21.8 Å². The van der Waals surface area contributed by atoms with Crippen molar-refractivity contribution in [2.75, 3.05) is 0 Å². The van der Waals surface area contributed by atoms with Gasteiger partial charge in [0.15, 0.2) is 0 Å². The van der Waals surface area contributed by atoms with Crippen LogP contribution in [-0.4, -0.2) is 21.0 Å². The summed E-state index contributed by atoms with van der Waals surface area (Å²) in [6.45, 7) is 4.39. The minimum atomic E-state index is -0.705. The molecule has 31 heavy (non-hydrogen) atoms.